The Balaban J connectivity index is 2.62. The molecule has 1 aromatic rings. The molecule has 0 spiro atoms. The molecule has 1 atom stereocenters. The number of hydrogen-bond acceptors (Lipinski definition) is 4. The summed E-state index contributed by atoms with van der Waals surface area (Å²) in [5, 5.41) is 9.74. The molecule has 15 heavy (non-hydrogen) atoms. The molecule has 3 nitrogen and oxygen atoms in total. The zero-order valence-electron chi connectivity index (χ0n) is 9.74. The van der Waals surface area contributed by atoms with E-state index < -0.39 is 0 Å². The maximum atomic E-state index is 8.62. The lowest BCUT2D eigenvalue weighted by Gasteiger charge is -2.21. The van der Waals surface area contributed by atoms with Crippen molar-refractivity contribution in [1.82, 2.24) is 9.88 Å². The van der Waals surface area contributed by atoms with Crippen LogP contribution in [0.4, 0.5) is 0 Å². The van der Waals surface area contributed by atoms with Gasteiger partial charge in [0.15, 0.2) is 0 Å². The topological polar surface area (TPSA) is 39.9 Å². The van der Waals surface area contributed by atoms with Crippen LogP contribution in [0.1, 0.15) is 28.9 Å². The largest absolute Gasteiger partial charge is 0.298 e. The zero-order chi connectivity index (χ0) is 11.4. The molecule has 0 saturated heterocycles. The Hall–Kier alpha value is -0.920. The molecule has 0 N–H and O–H groups in total. The van der Waals surface area contributed by atoms with Gasteiger partial charge in [-0.05, 0) is 27.8 Å². The summed E-state index contributed by atoms with van der Waals surface area (Å²) >= 11 is 1.74. The Labute approximate surface area is 95.4 Å². The van der Waals surface area contributed by atoms with E-state index in [1.54, 1.807) is 11.3 Å². The first-order chi connectivity index (χ1) is 7.04. The molecular weight excluding hydrogens is 206 g/mol. The Morgan fingerprint density at radius 1 is 1.53 bits per heavy atom. The van der Waals surface area contributed by atoms with Crippen LogP contribution >= 0.6 is 11.3 Å². The number of hydrogen-bond donors (Lipinski definition) is 0. The predicted octanol–water partition coefficient (Wildman–Crippen LogP) is 2.49. The molecule has 4 heteroatoms. The molecule has 82 valence electrons. The lowest BCUT2D eigenvalue weighted by molar-refractivity contribution is 0.254. The molecule has 0 aliphatic heterocycles. The number of rotatable bonds is 4. The minimum absolute atomic E-state index is 0.303. The maximum Gasteiger partial charge on any atom is 0.0900 e. The molecule has 0 bridgehead atoms. The second kappa shape index (κ2) is 5.24. The van der Waals surface area contributed by atoms with Crippen molar-refractivity contribution in [3.63, 3.8) is 0 Å². The fourth-order valence-electron chi connectivity index (χ4n) is 1.39. The second-order valence-corrected chi connectivity index (χ2v) is 5.16. The van der Waals surface area contributed by atoms with Crippen LogP contribution in [0.15, 0.2) is 0 Å². The van der Waals surface area contributed by atoms with E-state index >= 15 is 0 Å². The Morgan fingerprint density at radius 2 is 2.20 bits per heavy atom. The van der Waals surface area contributed by atoms with Crippen molar-refractivity contribution in [2.24, 2.45) is 0 Å². The molecule has 1 rings (SSSR count). The third-order valence-corrected chi connectivity index (χ3v) is 3.59. The summed E-state index contributed by atoms with van der Waals surface area (Å²) in [7, 11) is 2.05. The highest BCUT2D eigenvalue weighted by Crippen LogP contribution is 2.19. The van der Waals surface area contributed by atoms with Crippen molar-refractivity contribution in [3.8, 4) is 6.07 Å². The van der Waals surface area contributed by atoms with E-state index in [1.165, 1.54) is 4.88 Å². The third-order valence-electron chi connectivity index (χ3n) is 2.53. The minimum atomic E-state index is 0.303. The first kappa shape index (κ1) is 12.2. The third kappa shape index (κ3) is 3.29. The van der Waals surface area contributed by atoms with Crippen molar-refractivity contribution in [3.05, 3.63) is 15.6 Å². The molecular formula is C11H17N3S. The highest BCUT2D eigenvalue weighted by molar-refractivity contribution is 7.11. The van der Waals surface area contributed by atoms with Gasteiger partial charge in [-0.1, -0.05) is 0 Å². The first-order valence-corrected chi connectivity index (χ1v) is 5.86. The van der Waals surface area contributed by atoms with E-state index in [2.05, 4.69) is 29.9 Å². The number of aryl methyl sites for hydroxylation is 2. The number of nitrogens with zero attached hydrogens (tertiary/aromatic N) is 3. The molecule has 0 aliphatic rings. The second-order valence-electron chi connectivity index (χ2n) is 3.87. The summed E-state index contributed by atoms with van der Waals surface area (Å²) in [6, 6.07) is 2.50. The standard InChI is InChI=1S/C11H17N3S/c1-8(5-6-12)14(4)7-11-9(2)13-10(3)15-11/h8H,5,7H2,1-4H3. The van der Waals surface area contributed by atoms with Gasteiger partial charge in [-0.2, -0.15) is 5.26 Å². The maximum absolute atomic E-state index is 8.62. The van der Waals surface area contributed by atoms with Crippen molar-refractivity contribution < 1.29 is 0 Å². The monoisotopic (exact) mass is 223 g/mol. The Morgan fingerprint density at radius 3 is 2.67 bits per heavy atom. The van der Waals surface area contributed by atoms with Gasteiger partial charge < -0.3 is 0 Å². The molecule has 0 amide bonds. The van der Waals surface area contributed by atoms with Crippen LogP contribution in [-0.2, 0) is 6.54 Å². The van der Waals surface area contributed by atoms with Crippen LogP contribution in [-0.4, -0.2) is 23.0 Å². The van der Waals surface area contributed by atoms with Crippen LogP contribution in [0.3, 0.4) is 0 Å². The smallest absolute Gasteiger partial charge is 0.0900 e. The fraction of sp³-hybridized carbons (Fsp3) is 0.636. The minimum Gasteiger partial charge on any atom is -0.298 e. The molecule has 0 aromatic carbocycles. The molecule has 0 saturated carbocycles. The molecule has 0 radical (unpaired) electrons. The van der Waals surface area contributed by atoms with Crippen LogP contribution in [0.5, 0.6) is 0 Å². The Bertz CT molecular complexity index is 364. The van der Waals surface area contributed by atoms with Crippen molar-refractivity contribution in [2.75, 3.05) is 7.05 Å². The predicted molar refractivity (Wildman–Crippen MR) is 62.7 cm³/mol. The molecule has 1 aromatic heterocycles. The van der Waals surface area contributed by atoms with Crippen molar-refractivity contribution in [2.45, 2.75) is 39.8 Å². The normalized spacial score (nSPS) is 12.8. The fourth-order valence-corrected chi connectivity index (χ4v) is 2.39. The van der Waals surface area contributed by atoms with E-state index in [-0.39, 0.29) is 0 Å². The lowest BCUT2D eigenvalue weighted by atomic mass is 10.2. The molecule has 0 fully saturated rings. The van der Waals surface area contributed by atoms with Gasteiger partial charge in [-0.25, -0.2) is 4.98 Å². The summed E-state index contributed by atoms with van der Waals surface area (Å²) in [5.74, 6) is 0. The van der Waals surface area contributed by atoms with Gasteiger partial charge in [-0.3, -0.25) is 4.90 Å². The van der Waals surface area contributed by atoms with Gasteiger partial charge >= 0.3 is 0 Å². The highest BCUT2D eigenvalue weighted by atomic mass is 32.1. The van der Waals surface area contributed by atoms with Crippen molar-refractivity contribution in [1.29, 1.82) is 5.26 Å². The molecule has 1 unspecified atom stereocenters. The zero-order valence-corrected chi connectivity index (χ0v) is 10.6. The van der Waals surface area contributed by atoms with Crippen molar-refractivity contribution >= 4 is 11.3 Å². The SMILES string of the molecule is Cc1nc(C)c(CN(C)C(C)CC#N)s1. The van der Waals surface area contributed by atoms with E-state index in [4.69, 9.17) is 5.26 Å². The summed E-state index contributed by atoms with van der Waals surface area (Å²) < 4.78 is 0. The number of thiazole rings is 1. The van der Waals surface area contributed by atoms with E-state index in [9.17, 15) is 0 Å². The average molecular weight is 223 g/mol. The number of nitriles is 1. The molecule has 1 heterocycles. The van der Waals surface area contributed by atoms with Crippen LogP contribution in [0.2, 0.25) is 0 Å². The van der Waals surface area contributed by atoms with Gasteiger partial charge in [0, 0.05) is 17.5 Å². The van der Waals surface area contributed by atoms with E-state index in [0.29, 0.717) is 12.5 Å². The van der Waals surface area contributed by atoms with Gasteiger partial charge in [0.25, 0.3) is 0 Å². The summed E-state index contributed by atoms with van der Waals surface area (Å²) in [6.07, 6.45) is 0.577. The average Bonchev–Trinajstić information content (AvgIpc) is 2.45. The van der Waals surface area contributed by atoms with E-state index in [1.807, 2.05) is 13.8 Å². The summed E-state index contributed by atoms with van der Waals surface area (Å²) in [6.45, 7) is 7.04. The van der Waals surface area contributed by atoms with Gasteiger partial charge in [0.1, 0.15) is 0 Å². The van der Waals surface area contributed by atoms with Gasteiger partial charge in [0.05, 0.1) is 23.2 Å². The van der Waals surface area contributed by atoms with E-state index in [0.717, 1.165) is 17.2 Å². The highest BCUT2D eigenvalue weighted by Gasteiger charge is 2.12. The van der Waals surface area contributed by atoms with Gasteiger partial charge in [0.2, 0.25) is 0 Å². The van der Waals surface area contributed by atoms with Crippen LogP contribution in [0, 0.1) is 25.2 Å². The molecule has 0 aliphatic carbocycles. The first-order valence-electron chi connectivity index (χ1n) is 5.04. The van der Waals surface area contributed by atoms with Crippen LogP contribution in [0.25, 0.3) is 0 Å². The summed E-state index contributed by atoms with van der Waals surface area (Å²) in [5.41, 5.74) is 1.12. The quantitative estimate of drug-likeness (QED) is 0.787. The lowest BCUT2D eigenvalue weighted by Crippen LogP contribution is -2.28. The summed E-state index contributed by atoms with van der Waals surface area (Å²) in [4.78, 5) is 7.90. The Kier molecular flexibility index (Phi) is 4.25. The number of aromatic nitrogens is 1. The van der Waals surface area contributed by atoms with Crippen LogP contribution < -0.4 is 0 Å². The van der Waals surface area contributed by atoms with Gasteiger partial charge in [-0.15, -0.1) is 11.3 Å².